The van der Waals surface area contributed by atoms with Crippen molar-refractivity contribution in [1.29, 1.82) is 0 Å². The lowest BCUT2D eigenvalue weighted by atomic mass is 10.1. The molecular formula is C11H20N2O. The summed E-state index contributed by atoms with van der Waals surface area (Å²) >= 11 is 0. The van der Waals surface area contributed by atoms with E-state index >= 15 is 0 Å². The van der Waals surface area contributed by atoms with Gasteiger partial charge in [0.05, 0.1) is 0 Å². The third-order valence-corrected chi connectivity index (χ3v) is 2.67. The van der Waals surface area contributed by atoms with Crippen LogP contribution in [0, 0.1) is 0 Å². The van der Waals surface area contributed by atoms with Crippen LogP contribution in [-0.2, 0) is 4.79 Å². The zero-order chi connectivity index (χ0) is 10.4. The second kappa shape index (κ2) is 5.81. The first-order valence-corrected chi connectivity index (χ1v) is 5.31. The van der Waals surface area contributed by atoms with Crippen LogP contribution in [0.15, 0.2) is 12.2 Å². The average molecular weight is 196 g/mol. The molecule has 1 heterocycles. The normalized spacial score (nSPS) is 27.1. The summed E-state index contributed by atoms with van der Waals surface area (Å²) < 4.78 is 0. The van der Waals surface area contributed by atoms with Gasteiger partial charge in [-0.15, -0.1) is 0 Å². The predicted molar refractivity (Wildman–Crippen MR) is 58.1 cm³/mol. The van der Waals surface area contributed by atoms with Gasteiger partial charge in [0, 0.05) is 12.6 Å². The number of allylic oxidation sites excluding steroid dienone is 1. The van der Waals surface area contributed by atoms with Crippen LogP contribution in [0.3, 0.4) is 0 Å². The van der Waals surface area contributed by atoms with Crippen molar-refractivity contribution >= 4 is 5.91 Å². The van der Waals surface area contributed by atoms with Crippen LogP contribution in [0.5, 0.6) is 0 Å². The Morgan fingerprint density at radius 1 is 1.43 bits per heavy atom. The van der Waals surface area contributed by atoms with Gasteiger partial charge in [-0.25, -0.2) is 0 Å². The molecule has 0 radical (unpaired) electrons. The molecule has 1 atom stereocenters. The first-order chi connectivity index (χ1) is 6.70. The van der Waals surface area contributed by atoms with Crippen molar-refractivity contribution < 1.29 is 4.79 Å². The lowest BCUT2D eigenvalue weighted by Crippen LogP contribution is -2.39. The number of rotatable bonds is 1. The smallest absolute Gasteiger partial charge is 0.243 e. The molecule has 0 spiro atoms. The van der Waals surface area contributed by atoms with Crippen molar-refractivity contribution in [3.8, 4) is 0 Å². The largest absolute Gasteiger partial charge is 0.351 e. The lowest BCUT2D eigenvalue weighted by molar-refractivity contribution is -0.116. The van der Waals surface area contributed by atoms with Crippen LogP contribution in [0.1, 0.15) is 25.7 Å². The second-order valence-electron chi connectivity index (χ2n) is 4.05. The average Bonchev–Trinajstić information content (AvgIpc) is 2.15. The zero-order valence-electron chi connectivity index (χ0n) is 9.12. The standard InChI is InChI=1S/C11H20N2O/c1-13(2)10-7-5-3-4-6-8-11(14)12-9-10/h6,8,10H,3-5,7,9H2,1-2H3,(H,12,14)/b8-6+/t10-/m0/s1. The third-order valence-electron chi connectivity index (χ3n) is 2.67. The van der Waals surface area contributed by atoms with E-state index in [1.165, 1.54) is 19.3 Å². The van der Waals surface area contributed by atoms with Gasteiger partial charge in [-0.3, -0.25) is 4.79 Å². The summed E-state index contributed by atoms with van der Waals surface area (Å²) in [4.78, 5) is 13.4. The molecule has 3 nitrogen and oxygen atoms in total. The fraction of sp³-hybridized carbons (Fsp3) is 0.727. The monoisotopic (exact) mass is 196 g/mol. The van der Waals surface area contributed by atoms with Gasteiger partial charge in [0.25, 0.3) is 0 Å². The number of carbonyl (C=O) groups is 1. The minimum absolute atomic E-state index is 0.0405. The van der Waals surface area contributed by atoms with Gasteiger partial charge in [0.15, 0.2) is 0 Å². The summed E-state index contributed by atoms with van der Waals surface area (Å²) in [6.07, 6.45) is 8.23. The minimum atomic E-state index is 0.0405. The van der Waals surface area contributed by atoms with Crippen molar-refractivity contribution in [2.75, 3.05) is 20.6 Å². The van der Waals surface area contributed by atoms with E-state index in [0.29, 0.717) is 6.04 Å². The van der Waals surface area contributed by atoms with Gasteiger partial charge in [0.1, 0.15) is 0 Å². The van der Waals surface area contributed by atoms with E-state index in [9.17, 15) is 4.79 Å². The molecule has 1 N–H and O–H groups in total. The molecule has 1 aliphatic heterocycles. The van der Waals surface area contributed by atoms with E-state index in [-0.39, 0.29) is 5.91 Å². The molecule has 3 heteroatoms. The van der Waals surface area contributed by atoms with E-state index in [4.69, 9.17) is 0 Å². The number of amides is 1. The van der Waals surface area contributed by atoms with E-state index < -0.39 is 0 Å². The van der Waals surface area contributed by atoms with E-state index in [1.807, 2.05) is 6.08 Å². The van der Waals surface area contributed by atoms with Crippen molar-refractivity contribution in [2.24, 2.45) is 0 Å². The van der Waals surface area contributed by atoms with Crippen molar-refractivity contribution in [3.05, 3.63) is 12.2 Å². The molecular weight excluding hydrogens is 176 g/mol. The Morgan fingerprint density at radius 2 is 2.21 bits per heavy atom. The molecule has 80 valence electrons. The third kappa shape index (κ3) is 3.92. The Kier molecular flexibility index (Phi) is 4.66. The molecule has 0 aliphatic carbocycles. The Bertz CT molecular complexity index is 211. The molecule has 0 saturated heterocycles. The number of hydrogen-bond donors (Lipinski definition) is 1. The van der Waals surface area contributed by atoms with Gasteiger partial charge in [-0.05, 0) is 39.4 Å². The molecule has 0 aromatic heterocycles. The number of carbonyl (C=O) groups excluding carboxylic acids is 1. The van der Waals surface area contributed by atoms with Gasteiger partial charge in [-0.2, -0.15) is 0 Å². The maximum atomic E-state index is 11.3. The highest BCUT2D eigenvalue weighted by Crippen LogP contribution is 2.08. The second-order valence-corrected chi connectivity index (χ2v) is 4.05. The molecule has 0 bridgehead atoms. The summed E-state index contributed by atoms with van der Waals surface area (Å²) in [5, 5.41) is 2.92. The van der Waals surface area contributed by atoms with Crippen LogP contribution in [-0.4, -0.2) is 37.5 Å². The highest BCUT2D eigenvalue weighted by Gasteiger charge is 2.12. The van der Waals surface area contributed by atoms with Crippen molar-refractivity contribution in [3.63, 3.8) is 0 Å². The Hall–Kier alpha value is -0.830. The van der Waals surface area contributed by atoms with Crippen LogP contribution >= 0.6 is 0 Å². The molecule has 1 amide bonds. The van der Waals surface area contributed by atoms with Gasteiger partial charge >= 0.3 is 0 Å². The summed E-state index contributed by atoms with van der Waals surface area (Å²) in [6, 6.07) is 0.477. The fourth-order valence-corrected chi connectivity index (χ4v) is 1.65. The van der Waals surface area contributed by atoms with Crippen LogP contribution in [0.2, 0.25) is 0 Å². The highest BCUT2D eigenvalue weighted by molar-refractivity contribution is 5.87. The summed E-state index contributed by atoms with van der Waals surface area (Å²) in [6.45, 7) is 0.760. The number of nitrogens with zero attached hydrogens (tertiary/aromatic N) is 1. The van der Waals surface area contributed by atoms with Crippen LogP contribution in [0.25, 0.3) is 0 Å². The number of likely N-dealkylation sites (N-methyl/N-ethyl adjacent to an activating group) is 1. The summed E-state index contributed by atoms with van der Waals surface area (Å²) in [7, 11) is 4.14. The zero-order valence-corrected chi connectivity index (χ0v) is 9.12. The molecule has 0 unspecified atom stereocenters. The topological polar surface area (TPSA) is 32.3 Å². The molecule has 14 heavy (non-hydrogen) atoms. The molecule has 1 aliphatic rings. The van der Waals surface area contributed by atoms with Crippen LogP contribution < -0.4 is 5.32 Å². The van der Waals surface area contributed by atoms with Gasteiger partial charge in [0.2, 0.25) is 5.91 Å². The first-order valence-electron chi connectivity index (χ1n) is 5.31. The number of nitrogens with one attached hydrogen (secondary N) is 1. The summed E-state index contributed by atoms with van der Waals surface area (Å²) in [5.41, 5.74) is 0. The Balaban J connectivity index is 2.49. The van der Waals surface area contributed by atoms with E-state index in [0.717, 1.165) is 13.0 Å². The van der Waals surface area contributed by atoms with E-state index in [2.05, 4.69) is 24.3 Å². The maximum absolute atomic E-state index is 11.3. The first kappa shape index (κ1) is 11.2. The Labute approximate surface area is 86.2 Å². The van der Waals surface area contributed by atoms with Gasteiger partial charge in [-0.1, -0.05) is 12.5 Å². The molecule has 0 saturated carbocycles. The quantitative estimate of drug-likeness (QED) is 0.682. The Morgan fingerprint density at radius 3 is 2.93 bits per heavy atom. The van der Waals surface area contributed by atoms with Gasteiger partial charge < -0.3 is 10.2 Å². The predicted octanol–water partition coefficient (Wildman–Crippen LogP) is 1.16. The van der Waals surface area contributed by atoms with Crippen molar-refractivity contribution in [2.45, 2.75) is 31.7 Å². The minimum Gasteiger partial charge on any atom is -0.351 e. The van der Waals surface area contributed by atoms with Crippen molar-refractivity contribution in [1.82, 2.24) is 10.2 Å². The molecule has 0 aromatic carbocycles. The van der Waals surface area contributed by atoms with E-state index in [1.54, 1.807) is 6.08 Å². The molecule has 0 fully saturated rings. The lowest BCUT2D eigenvalue weighted by Gasteiger charge is -2.24. The SMILES string of the molecule is CN(C)[C@H]1CCCC/C=C/C(=O)NC1. The highest BCUT2D eigenvalue weighted by atomic mass is 16.1. The number of hydrogen-bond acceptors (Lipinski definition) is 2. The van der Waals surface area contributed by atoms with Crippen LogP contribution in [0.4, 0.5) is 0 Å². The molecule has 0 aromatic rings. The fourth-order valence-electron chi connectivity index (χ4n) is 1.65. The molecule has 1 rings (SSSR count). The maximum Gasteiger partial charge on any atom is 0.243 e. The summed E-state index contributed by atoms with van der Waals surface area (Å²) in [5.74, 6) is 0.0405.